The van der Waals surface area contributed by atoms with Gasteiger partial charge in [-0.2, -0.15) is 0 Å². The summed E-state index contributed by atoms with van der Waals surface area (Å²) in [4.78, 5) is 12.0. The molecule has 1 aromatic carbocycles. The predicted molar refractivity (Wildman–Crippen MR) is 60.7 cm³/mol. The second-order valence-electron chi connectivity index (χ2n) is 4.55. The predicted octanol–water partition coefficient (Wildman–Crippen LogP) is 1.86. The Kier molecular flexibility index (Phi) is 2.18. The first-order valence-electron chi connectivity index (χ1n) is 5.19. The smallest absolute Gasteiger partial charge is 0.254 e. The van der Waals surface area contributed by atoms with Crippen LogP contribution in [0, 0.1) is 6.92 Å². The first kappa shape index (κ1) is 10.0. The molecule has 3 N–H and O–H groups in total. The summed E-state index contributed by atoms with van der Waals surface area (Å²) < 4.78 is 0. The van der Waals surface area contributed by atoms with Crippen LogP contribution in [0.4, 0.5) is 5.69 Å². The van der Waals surface area contributed by atoms with Gasteiger partial charge in [0, 0.05) is 11.2 Å². The third-order valence-electron chi connectivity index (χ3n) is 2.95. The van der Waals surface area contributed by atoms with Crippen molar-refractivity contribution in [2.45, 2.75) is 32.2 Å². The molecule has 1 saturated carbocycles. The second kappa shape index (κ2) is 3.26. The summed E-state index contributed by atoms with van der Waals surface area (Å²) in [7, 11) is 0. The standard InChI is InChI=1S/C12H16N2O/c1-8-4-3-5-9(13)10(8)11(15)14-12(2)6-7-12/h3-5H,6-7,13H2,1-2H3,(H,14,15). The Balaban J connectivity index is 2.25. The Morgan fingerprint density at radius 3 is 2.67 bits per heavy atom. The van der Waals surface area contributed by atoms with Crippen LogP contribution in [0.3, 0.4) is 0 Å². The fourth-order valence-electron chi connectivity index (χ4n) is 1.65. The van der Waals surface area contributed by atoms with E-state index >= 15 is 0 Å². The van der Waals surface area contributed by atoms with Crippen LogP contribution in [0.25, 0.3) is 0 Å². The van der Waals surface area contributed by atoms with E-state index in [0.29, 0.717) is 11.3 Å². The molecule has 0 spiro atoms. The number of aryl methyl sites for hydroxylation is 1. The molecule has 0 bridgehead atoms. The number of hydrogen-bond acceptors (Lipinski definition) is 2. The number of rotatable bonds is 2. The molecular weight excluding hydrogens is 188 g/mol. The van der Waals surface area contributed by atoms with Gasteiger partial charge in [0.25, 0.3) is 5.91 Å². The van der Waals surface area contributed by atoms with Gasteiger partial charge in [-0.25, -0.2) is 0 Å². The molecule has 3 nitrogen and oxygen atoms in total. The lowest BCUT2D eigenvalue weighted by Gasteiger charge is -2.14. The van der Waals surface area contributed by atoms with Crippen molar-refractivity contribution in [3.63, 3.8) is 0 Å². The molecule has 0 heterocycles. The van der Waals surface area contributed by atoms with Crippen molar-refractivity contribution in [1.82, 2.24) is 5.32 Å². The minimum atomic E-state index is -0.0504. The molecular formula is C12H16N2O. The van der Waals surface area contributed by atoms with Crippen LogP contribution in [-0.2, 0) is 0 Å². The average Bonchev–Trinajstić information content (AvgIpc) is 2.82. The second-order valence-corrected chi connectivity index (χ2v) is 4.55. The SMILES string of the molecule is Cc1cccc(N)c1C(=O)NC1(C)CC1. The van der Waals surface area contributed by atoms with E-state index in [2.05, 4.69) is 12.2 Å². The fraction of sp³-hybridized carbons (Fsp3) is 0.417. The molecule has 1 aliphatic rings. The molecule has 0 radical (unpaired) electrons. The van der Waals surface area contributed by atoms with E-state index in [9.17, 15) is 4.79 Å². The normalized spacial score (nSPS) is 17.2. The Bertz CT molecular complexity index is 388. The number of nitrogens with one attached hydrogen (secondary N) is 1. The van der Waals surface area contributed by atoms with Gasteiger partial charge in [-0.15, -0.1) is 0 Å². The van der Waals surface area contributed by atoms with E-state index < -0.39 is 0 Å². The van der Waals surface area contributed by atoms with Gasteiger partial charge in [-0.05, 0) is 38.3 Å². The first-order chi connectivity index (χ1) is 7.02. The number of carbonyl (C=O) groups excluding carboxylic acids is 1. The molecule has 0 atom stereocenters. The van der Waals surface area contributed by atoms with Crippen LogP contribution in [0.15, 0.2) is 18.2 Å². The summed E-state index contributed by atoms with van der Waals surface area (Å²) in [5, 5.41) is 3.01. The van der Waals surface area contributed by atoms with Gasteiger partial charge in [-0.1, -0.05) is 12.1 Å². The number of amides is 1. The number of nitrogen functional groups attached to an aromatic ring is 1. The molecule has 3 heteroatoms. The van der Waals surface area contributed by atoms with Gasteiger partial charge in [-0.3, -0.25) is 4.79 Å². The minimum Gasteiger partial charge on any atom is -0.398 e. The van der Waals surface area contributed by atoms with Crippen molar-refractivity contribution in [2.24, 2.45) is 0 Å². The highest BCUT2D eigenvalue weighted by atomic mass is 16.1. The summed E-state index contributed by atoms with van der Waals surface area (Å²) in [6.45, 7) is 3.96. The van der Waals surface area contributed by atoms with Crippen molar-refractivity contribution in [2.75, 3.05) is 5.73 Å². The third kappa shape index (κ3) is 1.96. The molecule has 0 unspecified atom stereocenters. The molecule has 15 heavy (non-hydrogen) atoms. The zero-order valence-corrected chi connectivity index (χ0v) is 9.13. The van der Waals surface area contributed by atoms with Crippen LogP contribution < -0.4 is 11.1 Å². The summed E-state index contributed by atoms with van der Waals surface area (Å²) in [6, 6.07) is 5.53. The van der Waals surface area contributed by atoms with Gasteiger partial charge in [0.05, 0.1) is 5.56 Å². The number of nitrogens with two attached hydrogens (primary N) is 1. The van der Waals surface area contributed by atoms with Gasteiger partial charge < -0.3 is 11.1 Å². The zero-order valence-electron chi connectivity index (χ0n) is 9.13. The minimum absolute atomic E-state index is 0.00576. The lowest BCUT2D eigenvalue weighted by Crippen LogP contribution is -2.35. The van der Waals surface area contributed by atoms with E-state index in [1.807, 2.05) is 19.1 Å². The van der Waals surface area contributed by atoms with Crippen LogP contribution in [0.2, 0.25) is 0 Å². The maximum absolute atomic E-state index is 12.0. The maximum Gasteiger partial charge on any atom is 0.254 e. The number of carbonyl (C=O) groups is 1. The molecule has 0 saturated heterocycles. The molecule has 0 aliphatic heterocycles. The van der Waals surface area contributed by atoms with Gasteiger partial charge in [0.1, 0.15) is 0 Å². The van der Waals surface area contributed by atoms with Gasteiger partial charge >= 0.3 is 0 Å². The lowest BCUT2D eigenvalue weighted by molar-refractivity contribution is 0.0936. The van der Waals surface area contributed by atoms with Crippen LogP contribution in [0.5, 0.6) is 0 Å². The quantitative estimate of drug-likeness (QED) is 0.722. The lowest BCUT2D eigenvalue weighted by atomic mass is 10.1. The highest BCUT2D eigenvalue weighted by molar-refractivity contribution is 6.01. The molecule has 1 aromatic rings. The average molecular weight is 204 g/mol. The highest BCUT2D eigenvalue weighted by Crippen LogP contribution is 2.35. The zero-order chi connectivity index (χ0) is 11.1. The van der Waals surface area contributed by atoms with Crippen molar-refractivity contribution in [3.05, 3.63) is 29.3 Å². The largest absolute Gasteiger partial charge is 0.398 e. The topological polar surface area (TPSA) is 55.1 Å². The van der Waals surface area contributed by atoms with Crippen molar-refractivity contribution in [1.29, 1.82) is 0 Å². The third-order valence-corrected chi connectivity index (χ3v) is 2.95. The van der Waals surface area contributed by atoms with E-state index in [4.69, 9.17) is 5.73 Å². The molecule has 80 valence electrons. The summed E-state index contributed by atoms with van der Waals surface area (Å²) >= 11 is 0. The molecule has 0 aromatic heterocycles. The van der Waals surface area contributed by atoms with Crippen LogP contribution >= 0.6 is 0 Å². The first-order valence-corrected chi connectivity index (χ1v) is 5.19. The summed E-state index contributed by atoms with van der Waals surface area (Å²) in [6.07, 6.45) is 2.12. The van der Waals surface area contributed by atoms with Crippen LogP contribution in [0.1, 0.15) is 35.7 Å². The van der Waals surface area contributed by atoms with Gasteiger partial charge in [0.15, 0.2) is 0 Å². The maximum atomic E-state index is 12.0. The molecule has 1 aliphatic carbocycles. The van der Waals surface area contributed by atoms with Crippen molar-refractivity contribution >= 4 is 11.6 Å². The Labute approximate surface area is 89.7 Å². The van der Waals surface area contributed by atoms with Gasteiger partial charge in [0.2, 0.25) is 0 Å². The number of benzene rings is 1. The molecule has 2 rings (SSSR count). The Morgan fingerprint density at radius 2 is 2.13 bits per heavy atom. The summed E-state index contributed by atoms with van der Waals surface area (Å²) in [5.41, 5.74) is 7.90. The van der Waals surface area contributed by atoms with E-state index in [1.54, 1.807) is 6.07 Å². The monoisotopic (exact) mass is 204 g/mol. The van der Waals surface area contributed by atoms with E-state index in [1.165, 1.54) is 0 Å². The number of hydrogen-bond donors (Lipinski definition) is 2. The highest BCUT2D eigenvalue weighted by Gasteiger charge is 2.39. The summed E-state index contributed by atoms with van der Waals surface area (Å²) in [5.74, 6) is -0.0504. The molecule has 1 amide bonds. The van der Waals surface area contributed by atoms with Crippen LogP contribution in [-0.4, -0.2) is 11.4 Å². The Hall–Kier alpha value is -1.51. The Morgan fingerprint density at radius 1 is 1.47 bits per heavy atom. The van der Waals surface area contributed by atoms with Crippen molar-refractivity contribution in [3.8, 4) is 0 Å². The molecule has 1 fully saturated rings. The fourth-order valence-corrected chi connectivity index (χ4v) is 1.65. The van der Waals surface area contributed by atoms with E-state index in [0.717, 1.165) is 18.4 Å². The van der Waals surface area contributed by atoms with E-state index in [-0.39, 0.29) is 11.4 Å². The number of anilines is 1. The van der Waals surface area contributed by atoms with Crippen molar-refractivity contribution < 1.29 is 4.79 Å².